The summed E-state index contributed by atoms with van der Waals surface area (Å²) in [6, 6.07) is 18.1. The number of alkyl halides is 3. The molecule has 3 aromatic rings. The molecule has 3 nitrogen and oxygen atoms in total. The number of rotatable bonds is 5. The van der Waals surface area contributed by atoms with Crippen LogP contribution in [-0.4, -0.2) is 6.21 Å². The Hall–Kier alpha value is -3.02. The molecule has 0 bridgehead atoms. The highest BCUT2D eigenvalue weighted by Crippen LogP contribution is 2.32. The molecular formula is C19H15F3N2O. The summed E-state index contributed by atoms with van der Waals surface area (Å²) in [6.07, 6.45) is -2.89. The summed E-state index contributed by atoms with van der Waals surface area (Å²) in [5.41, 5.74) is 3.64. The van der Waals surface area contributed by atoms with E-state index in [-0.39, 0.29) is 0 Å². The van der Waals surface area contributed by atoms with Gasteiger partial charge < -0.3 is 9.84 Å². The van der Waals surface area contributed by atoms with Gasteiger partial charge in [0.2, 0.25) is 0 Å². The monoisotopic (exact) mass is 344 g/mol. The van der Waals surface area contributed by atoms with E-state index in [0.29, 0.717) is 23.6 Å². The van der Waals surface area contributed by atoms with Crippen molar-refractivity contribution in [1.82, 2.24) is 5.43 Å². The first kappa shape index (κ1) is 16.8. The molecule has 3 rings (SSSR count). The molecule has 1 N–H and O–H groups in total. The minimum absolute atomic E-state index is 0.357. The normalized spacial score (nSPS) is 11.8. The molecule has 0 spiro atoms. The molecule has 2 aromatic carbocycles. The van der Waals surface area contributed by atoms with Crippen LogP contribution in [-0.2, 0) is 12.7 Å². The first-order chi connectivity index (χ1) is 12.0. The molecule has 0 amide bonds. The van der Waals surface area contributed by atoms with Gasteiger partial charge in [-0.15, -0.1) is 0 Å². The highest BCUT2D eigenvalue weighted by molar-refractivity contribution is 5.77. The average Bonchev–Trinajstić information content (AvgIpc) is 3.08. The van der Waals surface area contributed by atoms with Gasteiger partial charge in [-0.3, -0.25) is 0 Å². The van der Waals surface area contributed by atoms with Crippen molar-refractivity contribution >= 4 is 6.21 Å². The van der Waals surface area contributed by atoms with Crippen LogP contribution in [0.15, 0.2) is 76.2 Å². The number of hydrazone groups is 1. The van der Waals surface area contributed by atoms with Crippen LogP contribution in [0.4, 0.5) is 13.2 Å². The summed E-state index contributed by atoms with van der Waals surface area (Å²) in [6.45, 7) is 0.568. The van der Waals surface area contributed by atoms with Crippen molar-refractivity contribution in [3.63, 3.8) is 0 Å². The fourth-order valence-electron chi connectivity index (χ4n) is 2.27. The van der Waals surface area contributed by atoms with Gasteiger partial charge >= 0.3 is 6.18 Å². The molecule has 0 saturated heterocycles. The van der Waals surface area contributed by atoms with Crippen molar-refractivity contribution < 1.29 is 17.6 Å². The Bertz CT molecular complexity index is 854. The summed E-state index contributed by atoms with van der Waals surface area (Å²) in [5, 5.41) is 4.05. The molecule has 0 aliphatic rings. The van der Waals surface area contributed by atoms with Crippen LogP contribution < -0.4 is 5.43 Å². The van der Waals surface area contributed by atoms with E-state index in [1.165, 1.54) is 12.3 Å². The maximum absolute atomic E-state index is 12.8. The van der Waals surface area contributed by atoms with Crippen molar-refractivity contribution in [3.05, 3.63) is 83.6 Å². The third-order valence-corrected chi connectivity index (χ3v) is 3.51. The first-order valence-corrected chi connectivity index (χ1v) is 7.60. The Balaban J connectivity index is 1.65. The number of benzene rings is 2. The minimum Gasteiger partial charge on any atom is -0.455 e. The van der Waals surface area contributed by atoms with Crippen LogP contribution in [0.1, 0.15) is 16.9 Å². The van der Waals surface area contributed by atoms with E-state index in [1.807, 2.05) is 30.3 Å². The molecule has 0 atom stereocenters. The molecule has 0 aliphatic heterocycles. The fraction of sp³-hybridized carbons (Fsp3) is 0.105. The molecule has 6 heteroatoms. The van der Waals surface area contributed by atoms with Gasteiger partial charge in [-0.1, -0.05) is 42.5 Å². The van der Waals surface area contributed by atoms with E-state index < -0.39 is 11.7 Å². The van der Waals surface area contributed by atoms with Crippen molar-refractivity contribution in [2.24, 2.45) is 5.10 Å². The van der Waals surface area contributed by atoms with E-state index in [0.717, 1.165) is 17.7 Å². The van der Waals surface area contributed by atoms with E-state index in [9.17, 15) is 13.2 Å². The maximum Gasteiger partial charge on any atom is 0.416 e. The fourth-order valence-corrected chi connectivity index (χ4v) is 2.27. The molecule has 0 radical (unpaired) electrons. The Morgan fingerprint density at radius 3 is 2.52 bits per heavy atom. The van der Waals surface area contributed by atoms with Crippen LogP contribution in [0.25, 0.3) is 11.3 Å². The average molecular weight is 344 g/mol. The Morgan fingerprint density at radius 1 is 0.960 bits per heavy atom. The van der Waals surface area contributed by atoms with Crippen LogP contribution >= 0.6 is 0 Å². The SMILES string of the molecule is FC(F)(F)c1cccc(-c2ccc(/C=N\NCc3ccccc3)o2)c1. The molecule has 0 aliphatic carbocycles. The summed E-state index contributed by atoms with van der Waals surface area (Å²) in [5.74, 6) is 0.809. The third kappa shape index (κ3) is 4.50. The number of hydrogen-bond donors (Lipinski definition) is 1. The summed E-state index contributed by atoms with van der Waals surface area (Å²) in [7, 11) is 0. The molecule has 0 unspecified atom stereocenters. The lowest BCUT2D eigenvalue weighted by Crippen LogP contribution is -2.04. The van der Waals surface area contributed by atoms with Crippen molar-refractivity contribution in [3.8, 4) is 11.3 Å². The van der Waals surface area contributed by atoms with Crippen LogP contribution in [0, 0.1) is 0 Å². The van der Waals surface area contributed by atoms with Gasteiger partial charge in [0, 0.05) is 5.56 Å². The van der Waals surface area contributed by atoms with Gasteiger partial charge in [0.1, 0.15) is 11.5 Å². The van der Waals surface area contributed by atoms with E-state index >= 15 is 0 Å². The quantitative estimate of drug-likeness (QED) is 0.517. The summed E-state index contributed by atoms with van der Waals surface area (Å²) in [4.78, 5) is 0. The zero-order valence-electron chi connectivity index (χ0n) is 13.1. The number of nitrogens with one attached hydrogen (secondary N) is 1. The van der Waals surface area contributed by atoms with Crippen LogP contribution in [0.2, 0.25) is 0 Å². The minimum atomic E-state index is -4.38. The van der Waals surface area contributed by atoms with Gasteiger partial charge in [0.25, 0.3) is 0 Å². The number of hydrogen-bond acceptors (Lipinski definition) is 3. The maximum atomic E-state index is 12.8. The molecule has 1 heterocycles. The van der Waals surface area contributed by atoms with Crippen molar-refractivity contribution in [1.29, 1.82) is 0 Å². The van der Waals surface area contributed by atoms with E-state index in [1.54, 1.807) is 18.2 Å². The second-order valence-corrected chi connectivity index (χ2v) is 5.36. The van der Waals surface area contributed by atoms with E-state index in [2.05, 4.69) is 10.5 Å². The Labute approximate surface area is 142 Å². The topological polar surface area (TPSA) is 37.5 Å². The molecular weight excluding hydrogens is 329 g/mol. The predicted octanol–water partition coefficient (Wildman–Crippen LogP) is 5.09. The molecule has 128 valence electrons. The number of halogens is 3. The molecule has 0 saturated carbocycles. The predicted molar refractivity (Wildman–Crippen MR) is 90.0 cm³/mol. The van der Waals surface area contributed by atoms with Gasteiger partial charge in [0.15, 0.2) is 0 Å². The highest BCUT2D eigenvalue weighted by atomic mass is 19.4. The lowest BCUT2D eigenvalue weighted by molar-refractivity contribution is -0.137. The van der Waals surface area contributed by atoms with E-state index in [4.69, 9.17) is 4.42 Å². The van der Waals surface area contributed by atoms with Gasteiger partial charge in [-0.05, 0) is 29.8 Å². The molecule has 25 heavy (non-hydrogen) atoms. The zero-order valence-corrected chi connectivity index (χ0v) is 13.1. The number of nitrogens with zero attached hydrogens (tertiary/aromatic N) is 1. The summed E-state index contributed by atoms with van der Waals surface area (Å²) >= 11 is 0. The zero-order chi connectivity index (χ0) is 17.7. The lowest BCUT2D eigenvalue weighted by atomic mass is 10.1. The Morgan fingerprint density at radius 2 is 1.76 bits per heavy atom. The smallest absolute Gasteiger partial charge is 0.416 e. The molecule has 1 aromatic heterocycles. The number of furan rings is 1. The second kappa shape index (κ2) is 7.25. The van der Waals surface area contributed by atoms with Gasteiger partial charge in [-0.25, -0.2) is 0 Å². The van der Waals surface area contributed by atoms with Crippen molar-refractivity contribution in [2.45, 2.75) is 12.7 Å². The molecule has 0 fully saturated rings. The highest BCUT2D eigenvalue weighted by Gasteiger charge is 2.30. The van der Waals surface area contributed by atoms with Gasteiger partial charge in [-0.2, -0.15) is 18.3 Å². The summed E-state index contributed by atoms with van der Waals surface area (Å²) < 4.78 is 43.9. The largest absolute Gasteiger partial charge is 0.455 e. The second-order valence-electron chi connectivity index (χ2n) is 5.36. The van der Waals surface area contributed by atoms with Gasteiger partial charge in [0.05, 0.1) is 18.3 Å². The Kier molecular flexibility index (Phi) is 4.88. The standard InChI is InChI=1S/C19H15F3N2O/c20-19(21,22)16-8-4-7-15(11-16)18-10-9-17(25-18)13-24-23-12-14-5-2-1-3-6-14/h1-11,13,23H,12H2/b24-13-. The van der Waals surface area contributed by atoms with Crippen LogP contribution in [0.5, 0.6) is 0 Å². The first-order valence-electron chi connectivity index (χ1n) is 7.60. The van der Waals surface area contributed by atoms with Crippen LogP contribution in [0.3, 0.4) is 0 Å². The lowest BCUT2D eigenvalue weighted by Gasteiger charge is -2.07. The van der Waals surface area contributed by atoms with Crippen molar-refractivity contribution in [2.75, 3.05) is 0 Å². The third-order valence-electron chi connectivity index (χ3n) is 3.51.